The molecule has 0 radical (unpaired) electrons. The van der Waals surface area contributed by atoms with Crippen molar-refractivity contribution >= 4 is 5.91 Å². The van der Waals surface area contributed by atoms with Gasteiger partial charge in [0, 0.05) is 50.2 Å². The molecule has 0 bridgehead atoms. The minimum Gasteiger partial charge on any atom is -0.484 e. The fourth-order valence-corrected chi connectivity index (χ4v) is 4.20. The van der Waals surface area contributed by atoms with E-state index in [4.69, 9.17) is 4.74 Å². The highest BCUT2D eigenvalue weighted by molar-refractivity contribution is 5.94. The molecule has 154 valence electrons. The summed E-state index contributed by atoms with van der Waals surface area (Å²) in [6.07, 6.45) is -0.0958. The first-order chi connectivity index (χ1) is 13.9. The van der Waals surface area contributed by atoms with Gasteiger partial charge in [0.05, 0.1) is 0 Å². The molecule has 0 spiro atoms. The third-order valence-electron chi connectivity index (χ3n) is 5.54. The van der Waals surface area contributed by atoms with Crippen LogP contribution in [0, 0.1) is 5.92 Å². The second-order valence-electron chi connectivity index (χ2n) is 7.59. The summed E-state index contributed by atoms with van der Waals surface area (Å²) in [5.41, 5.74) is 1.67. The van der Waals surface area contributed by atoms with Crippen molar-refractivity contribution in [1.29, 1.82) is 0 Å². The number of aromatic nitrogens is 1. The molecule has 2 saturated heterocycles. The number of benzene rings is 1. The van der Waals surface area contributed by atoms with Crippen molar-refractivity contribution < 1.29 is 22.7 Å². The quantitative estimate of drug-likeness (QED) is 0.765. The number of fused-ring (bicyclic) bond motifs is 1. The molecule has 3 heterocycles. The summed E-state index contributed by atoms with van der Waals surface area (Å²) in [7, 11) is 0. The lowest BCUT2D eigenvalue weighted by molar-refractivity contribution is -0.153. The summed E-state index contributed by atoms with van der Waals surface area (Å²) >= 11 is 0. The first-order valence-electron chi connectivity index (χ1n) is 9.61. The van der Waals surface area contributed by atoms with Gasteiger partial charge in [0.1, 0.15) is 5.75 Å². The Balaban J connectivity index is 1.34. The van der Waals surface area contributed by atoms with Gasteiger partial charge in [-0.05, 0) is 42.2 Å². The zero-order valence-electron chi connectivity index (χ0n) is 15.8. The van der Waals surface area contributed by atoms with Gasteiger partial charge in [0.25, 0.3) is 5.91 Å². The van der Waals surface area contributed by atoms with E-state index in [-0.39, 0.29) is 17.7 Å². The Kier molecular flexibility index (Phi) is 5.45. The maximum absolute atomic E-state index is 12.8. The number of hydrogen-bond donors (Lipinski definition) is 0. The van der Waals surface area contributed by atoms with Crippen LogP contribution in [0.5, 0.6) is 5.75 Å². The van der Waals surface area contributed by atoms with Gasteiger partial charge in [-0.1, -0.05) is 12.1 Å². The molecule has 0 aliphatic carbocycles. The van der Waals surface area contributed by atoms with Crippen molar-refractivity contribution in [3.05, 3.63) is 59.9 Å². The van der Waals surface area contributed by atoms with Crippen LogP contribution in [0.4, 0.5) is 13.2 Å². The Hall–Kier alpha value is -2.61. The van der Waals surface area contributed by atoms with E-state index in [1.165, 1.54) is 0 Å². The molecule has 1 aromatic carbocycles. The van der Waals surface area contributed by atoms with E-state index in [2.05, 4.69) is 9.88 Å². The number of hydrogen-bond acceptors (Lipinski definition) is 4. The molecule has 2 aliphatic heterocycles. The SMILES string of the molecule is O=C(c1ccncc1)N1CC[C@H]2CN(Cc3ccc(OCC(F)(F)F)cc3)C[C@H]21. The Bertz CT molecular complexity index is 842. The number of carbonyl (C=O) groups is 1. The van der Waals surface area contributed by atoms with Gasteiger partial charge in [-0.2, -0.15) is 13.2 Å². The normalized spacial score (nSPS) is 22.0. The number of alkyl halides is 3. The minimum atomic E-state index is -4.34. The van der Waals surface area contributed by atoms with Crippen molar-refractivity contribution in [2.24, 2.45) is 5.92 Å². The van der Waals surface area contributed by atoms with Gasteiger partial charge in [-0.15, -0.1) is 0 Å². The molecule has 4 rings (SSSR count). The van der Waals surface area contributed by atoms with Crippen LogP contribution in [-0.2, 0) is 6.54 Å². The summed E-state index contributed by atoms with van der Waals surface area (Å²) in [4.78, 5) is 21.0. The molecule has 2 fully saturated rings. The lowest BCUT2D eigenvalue weighted by atomic mass is 10.0. The van der Waals surface area contributed by atoms with Crippen LogP contribution in [0.25, 0.3) is 0 Å². The minimum absolute atomic E-state index is 0.0490. The third kappa shape index (κ3) is 4.70. The van der Waals surface area contributed by atoms with Crippen LogP contribution in [0.2, 0.25) is 0 Å². The second-order valence-corrected chi connectivity index (χ2v) is 7.59. The molecule has 0 N–H and O–H groups in total. The zero-order valence-corrected chi connectivity index (χ0v) is 15.8. The van der Waals surface area contributed by atoms with Gasteiger partial charge >= 0.3 is 6.18 Å². The molecule has 8 heteroatoms. The molecule has 1 amide bonds. The molecule has 1 aromatic heterocycles. The molecule has 29 heavy (non-hydrogen) atoms. The predicted molar refractivity (Wildman–Crippen MR) is 100 cm³/mol. The Morgan fingerprint density at radius 3 is 2.52 bits per heavy atom. The van der Waals surface area contributed by atoms with E-state index >= 15 is 0 Å². The molecule has 0 saturated carbocycles. The first-order valence-corrected chi connectivity index (χ1v) is 9.61. The highest BCUT2D eigenvalue weighted by Gasteiger charge is 2.43. The van der Waals surface area contributed by atoms with Gasteiger partial charge in [0.2, 0.25) is 0 Å². The number of halogens is 3. The average molecular weight is 405 g/mol. The van der Waals surface area contributed by atoms with E-state index in [1.807, 2.05) is 4.90 Å². The zero-order chi connectivity index (χ0) is 20.4. The molecule has 2 atom stereocenters. The first kappa shape index (κ1) is 19.7. The fourth-order valence-electron chi connectivity index (χ4n) is 4.20. The van der Waals surface area contributed by atoms with Crippen molar-refractivity contribution in [3.8, 4) is 5.75 Å². The second kappa shape index (κ2) is 8.02. The maximum atomic E-state index is 12.8. The van der Waals surface area contributed by atoms with E-state index in [0.29, 0.717) is 18.0 Å². The number of ether oxygens (including phenoxy) is 1. The summed E-state index contributed by atoms with van der Waals surface area (Å²) in [5.74, 6) is 0.710. The molecule has 0 unspecified atom stereocenters. The van der Waals surface area contributed by atoms with E-state index in [1.54, 1.807) is 48.8 Å². The van der Waals surface area contributed by atoms with E-state index in [9.17, 15) is 18.0 Å². The Morgan fingerprint density at radius 1 is 1.10 bits per heavy atom. The van der Waals surface area contributed by atoms with Gasteiger partial charge in [-0.3, -0.25) is 14.7 Å². The molecule has 2 aliphatic rings. The highest BCUT2D eigenvalue weighted by atomic mass is 19.4. The number of pyridine rings is 1. The number of rotatable bonds is 5. The van der Waals surface area contributed by atoms with Crippen LogP contribution < -0.4 is 4.74 Å². The van der Waals surface area contributed by atoms with Crippen molar-refractivity contribution in [1.82, 2.24) is 14.8 Å². The fraction of sp³-hybridized carbons (Fsp3) is 0.429. The van der Waals surface area contributed by atoms with E-state index in [0.717, 1.165) is 31.6 Å². The lowest BCUT2D eigenvalue weighted by Crippen LogP contribution is -2.39. The van der Waals surface area contributed by atoms with Crippen LogP contribution in [0.15, 0.2) is 48.8 Å². The van der Waals surface area contributed by atoms with Crippen molar-refractivity contribution in [2.45, 2.75) is 25.2 Å². The smallest absolute Gasteiger partial charge is 0.422 e. The van der Waals surface area contributed by atoms with Crippen LogP contribution in [0.1, 0.15) is 22.3 Å². The van der Waals surface area contributed by atoms with Crippen LogP contribution in [-0.4, -0.2) is 59.2 Å². The summed E-state index contributed by atoms with van der Waals surface area (Å²) in [6, 6.07) is 10.4. The van der Waals surface area contributed by atoms with Crippen LogP contribution in [0.3, 0.4) is 0 Å². The largest absolute Gasteiger partial charge is 0.484 e. The Morgan fingerprint density at radius 2 is 1.83 bits per heavy atom. The van der Waals surface area contributed by atoms with Gasteiger partial charge in [0.15, 0.2) is 6.61 Å². The number of nitrogens with zero attached hydrogens (tertiary/aromatic N) is 3. The molecule has 2 aromatic rings. The summed E-state index contributed by atoms with van der Waals surface area (Å²) in [5, 5.41) is 0. The number of amides is 1. The van der Waals surface area contributed by atoms with Gasteiger partial charge < -0.3 is 9.64 Å². The van der Waals surface area contributed by atoms with Gasteiger partial charge in [-0.25, -0.2) is 0 Å². The number of carbonyl (C=O) groups excluding carboxylic acids is 1. The Labute approximate surface area is 167 Å². The van der Waals surface area contributed by atoms with E-state index < -0.39 is 12.8 Å². The topological polar surface area (TPSA) is 45.7 Å². The standard InChI is InChI=1S/C21H22F3N3O2/c22-21(23,24)14-29-18-3-1-15(2-4-18)11-26-12-17-7-10-27(19(17)13-26)20(28)16-5-8-25-9-6-16/h1-6,8-9,17,19H,7,10-14H2/t17-,19+/m0/s1. The number of likely N-dealkylation sites (tertiary alicyclic amines) is 2. The molecular weight excluding hydrogens is 383 g/mol. The average Bonchev–Trinajstić information content (AvgIpc) is 3.27. The summed E-state index contributed by atoms with van der Waals surface area (Å²) < 4.78 is 41.5. The molecular formula is C21H22F3N3O2. The predicted octanol–water partition coefficient (Wildman–Crippen LogP) is 3.37. The maximum Gasteiger partial charge on any atom is 0.422 e. The summed E-state index contributed by atoms with van der Waals surface area (Å²) in [6.45, 7) is 1.90. The van der Waals surface area contributed by atoms with Crippen molar-refractivity contribution in [2.75, 3.05) is 26.2 Å². The van der Waals surface area contributed by atoms with Crippen molar-refractivity contribution in [3.63, 3.8) is 0 Å². The lowest BCUT2D eigenvalue weighted by Gasteiger charge is -2.25. The highest BCUT2D eigenvalue weighted by Crippen LogP contribution is 2.33. The third-order valence-corrected chi connectivity index (χ3v) is 5.54. The van der Waals surface area contributed by atoms with Crippen LogP contribution >= 0.6 is 0 Å². The molecule has 5 nitrogen and oxygen atoms in total. The monoisotopic (exact) mass is 405 g/mol.